The van der Waals surface area contributed by atoms with Gasteiger partial charge in [-0.3, -0.25) is 4.55 Å². The van der Waals surface area contributed by atoms with Gasteiger partial charge in [-0.25, -0.2) is 4.18 Å². The van der Waals surface area contributed by atoms with Crippen molar-refractivity contribution >= 4 is 10.4 Å². The Kier molecular flexibility index (Phi) is 6.62. The summed E-state index contributed by atoms with van der Waals surface area (Å²) in [6, 6.07) is 0. The summed E-state index contributed by atoms with van der Waals surface area (Å²) in [5.41, 5.74) is 0.590. The summed E-state index contributed by atoms with van der Waals surface area (Å²) < 4.78 is 35.4. The van der Waals surface area contributed by atoms with Crippen molar-refractivity contribution in [2.24, 2.45) is 52.3 Å². The highest BCUT2D eigenvalue weighted by Crippen LogP contribution is 2.69. The van der Waals surface area contributed by atoms with Gasteiger partial charge < -0.3 is 5.11 Å². The normalized spacial score (nSPS) is 48.5. The van der Waals surface area contributed by atoms with Gasteiger partial charge in [0, 0.05) is 0 Å². The Morgan fingerprint density at radius 2 is 1.71 bits per heavy atom. The lowest BCUT2D eigenvalue weighted by Crippen LogP contribution is -2.61. The van der Waals surface area contributed by atoms with Crippen molar-refractivity contribution in [2.75, 3.05) is 6.61 Å². The van der Waals surface area contributed by atoms with Crippen molar-refractivity contribution in [3.8, 4) is 0 Å². The third kappa shape index (κ3) is 4.02. The average Bonchev–Trinajstić information content (AvgIpc) is 3.04. The molecule has 0 amide bonds. The van der Waals surface area contributed by atoms with E-state index >= 15 is 0 Å². The lowest BCUT2D eigenvalue weighted by Gasteiger charge is -2.64. The van der Waals surface area contributed by atoms with E-state index in [0.29, 0.717) is 53.3 Å². The van der Waals surface area contributed by atoms with Crippen molar-refractivity contribution < 1.29 is 22.3 Å². The Balaban J connectivity index is 1.55. The van der Waals surface area contributed by atoms with Crippen LogP contribution in [0.5, 0.6) is 0 Å². The van der Waals surface area contributed by atoms with Gasteiger partial charge >= 0.3 is 10.4 Å². The van der Waals surface area contributed by atoms with Gasteiger partial charge in [0.25, 0.3) is 0 Å². The van der Waals surface area contributed by atoms with Gasteiger partial charge in [0.1, 0.15) is 0 Å². The molecule has 0 saturated heterocycles. The van der Waals surface area contributed by atoms with Crippen LogP contribution in [0.4, 0.5) is 0 Å². The Morgan fingerprint density at radius 3 is 2.39 bits per heavy atom. The fourth-order valence-corrected chi connectivity index (χ4v) is 9.86. The first-order valence-electron chi connectivity index (χ1n) is 12.8. The predicted molar refractivity (Wildman–Crippen MR) is 122 cm³/mol. The second kappa shape index (κ2) is 8.56. The molecule has 0 heterocycles. The molecule has 0 aromatic carbocycles. The maximum atomic E-state index is 11.7. The smallest absolute Gasteiger partial charge is 0.393 e. The molecule has 0 spiro atoms. The minimum atomic E-state index is -4.37. The van der Waals surface area contributed by atoms with E-state index in [1.54, 1.807) is 0 Å². The molecule has 4 saturated carbocycles. The van der Waals surface area contributed by atoms with Gasteiger partial charge in [-0.1, -0.05) is 47.0 Å². The number of hydrogen-bond acceptors (Lipinski definition) is 4. The highest BCUT2D eigenvalue weighted by molar-refractivity contribution is 7.80. The highest BCUT2D eigenvalue weighted by atomic mass is 32.3. The maximum Gasteiger partial charge on any atom is 0.397 e. The summed E-state index contributed by atoms with van der Waals surface area (Å²) in [5.74, 6) is 3.60. The molecule has 0 aromatic heterocycles. The van der Waals surface area contributed by atoms with Crippen LogP contribution in [0.15, 0.2) is 0 Å². The Hall–Kier alpha value is -0.170. The summed E-state index contributed by atoms with van der Waals surface area (Å²) in [4.78, 5) is 0. The lowest BCUT2D eigenvalue weighted by molar-refractivity contribution is -0.194. The molecule has 0 aromatic rings. The van der Waals surface area contributed by atoms with Crippen LogP contribution in [0, 0.1) is 52.3 Å². The van der Waals surface area contributed by atoms with Crippen LogP contribution in [0.3, 0.4) is 0 Å². The van der Waals surface area contributed by atoms with Crippen molar-refractivity contribution in [3.05, 3.63) is 0 Å². The first-order chi connectivity index (χ1) is 14.5. The molecule has 4 aliphatic rings. The van der Waals surface area contributed by atoms with Crippen LogP contribution in [0.1, 0.15) is 91.9 Å². The lowest BCUT2D eigenvalue weighted by atomic mass is 9.41. The first-order valence-corrected chi connectivity index (χ1v) is 14.2. The van der Waals surface area contributed by atoms with Crippen LogP contribution in [0.2, 0.25) is 0 Å². The minimum Gasteiger partial charge on any atom is -0.393 e. The van der Waals surface area contributed by atoms with Crippen LogP contribution in [-0.2, 0) is 14.6 Å². The first kappa shape index (κ1) is 24.0. The van der Waals surface area contributed by atoms with Gasteiger partial charge in [-0.2, -0.15) is 8.42 Å². The molecular formula is C25H44O5S. The quantitative estimate of drug-likeness (QED) is 0.517. The molecule has 4 rings (SSSR count). The zero-order chi connectivity index (χ0) is 22.6. The average molecular weight is 457 g/mol. The summed E-state index contributed by atoms with van der Waals surface area (Å²) >= 11 is 0. The second-order valence-corrected chi connectivity index (χ2v) is 13.0. The van der Waals surface area contributed by atoms with Gasteiger partial charge in [0.05, 0.1) is 12.7 Å². The molecule has 2 N–H and O–H groups in total. The van der Waals surface area contributed by atoms with Crippen LogP contribution >= 0.6 is 0 Å². The van der Waals surface area contributed by atoms with E-state index in [0.717, 1.165) is 12.8 Å². The minimum absolute atomic E-state index is 0.0452. The van der Waals surface area contributed by atoms with Crippen LogP contribution in [-0.4, -0.2) is 30.8 Å². The molecular weight excluding hydrogens is 412 g/mol. The highest BCUT2D eigenvalue weighted by Gasteiger charge is 2.64. The van der Waals surface area contributed by atoms with Gasteiger partial charge in [0.2, 0.25) is 0 Å². The largest absolute Gasteiger partial charge is 0.397 e. The zero-order valence-corrected chi connectivity index (χ0v) is 20.7. The molecule has 6 heteroatoms. The predicted octanol–water partition coefficient (Wildman–Crippen LogP) is 5.49. The van der Waals surface area contributed by atoms with E-state index in [9.17, 15) is 13.5 Å². The summed E-state index contributed by atoms with van der Waals surface area (Å²) in [7, 11) is -4.37. The number of hydrogen-bond donors (Lipinski definition) is 2. The molecule has 31 heavy (non-hydrogen) atoms. The number of aliphatic hydroxyl groups is 1. The van der Waals surface area contributed by atoms with Gasteiger partial charge in [-0.05, 0) is 97.2 Å². The molecule has 0 radical (unpaired) electrons. The zero-order valence-electron chi connectivity index (χ0n) is 19.9. The van der Waals surface area contributed by atoms with Gasteiger partial charge in [0.15, 0.2) is 0 Å². The number of aliphatic hydroxyl groups excluding tert-OH is 1. The van der Waals surface area contributed by atoms with Crippen molar-refractivity contribution in [1.29, 1.82) is 0 Å². The summed E-state index contributed by atoms with van der Waals surface area (Å²) in [6.07, 6.45) is 11.6. The van der Waals surface area contributed by atoms with Crippen LogP contribution < -0.4 is 0 Å². The maximum absolute atomic E-state index is 11.7. The summed E-state index contributed by atoms with van der Waals surface area (Å²) in [6.45, 7) is 9.55. The Labute approximate surface area is 189 Å². The molecule has 0 aliphatic heterocycles. The molecule has 180 valence electrons. The van der Waals surface area contributed by atoms with Crippen molar-refractivity contribution in [2.45, 2.75) is 98.0 Å². The summed E-state index contributed by atoms with van der Waals surface area (Å²) in [5, 5.41) is 11.7. The molecule has 3 unspecified atom stereocenters. The van der Waals surface area contributed by atoms with E-state index in [1.165, 1.54) is 44.9 Å². The Morgan fingerprint density at radius 1 is 1.00 bits per heavy atom. The number of fused-ring (bicyclic) bond motifs is 5. The second-order valence-electron chi connectivity index (χ2n) is 12.0. The molecule has 4 aliphatic carbocycles. The van der Waals surface area contributed by atoms with Crippen molar-refractivity contribution in [1.82, 2.24) is 0 Å². The fourth-order valence-electron chi connectivity index (χ4n) is 9.55. The van der Waals surface area contributed by atoms with Gasteiger partial charge in [-0.15, -0.1) is 0 Å². The molecule has 4 fully saturated rings. The fraction of sp³-hybridized carbons (Fsp3) is 1.00. The monoisotopic (exact) mass is 456 g/mol. The van der Waals surface area contributed by atoms with E-state index in [1.807, 2.05) is 0 Å². The topological polar surface area (TPSA) is 83.8 Å². The SMILES string of the molecule is CC[C@H]1[C@@H](O)C2C3CC[C@H]([C@H](C)CCOS(=O)(=O)O)[C@@]3(C)CCC2[C@@]2(C)CCCC[C@@H]12. The standard InChI is InChI=1S/C25H44O5S/c1-5-17-19-8-6-7-13-24(19,3)21-11-14-25(4)18(9-10-20(25)22(21)23(17)26)16(2)12-15-30-31(27,28)29/h16-23,26H,5-15H2,1-4H3,(H,27,28,29)/t16-,17-,18-,19+,20?,21?,22?,23-,24+,25-/m1/s1. The third-order valence-electron chi connectivity index (χ3n) is 10.9. The van der Waals surface area contributed by atoms with E-state index in [-0.39, 0.29) is 18.1 Å². The third-order valence-corrected chi connectivity index (χ3v) is 11.4. The molecule has 0 bridgehead atoms. The van der Waals surface area contributed by atoms with E-state index < -0.39 is 10.4 Å². The Bertz CT molecular complexity index is 753. The molecule has 10 atom stereocenters. The van der Waals surface area contributed by atoms with E-state index in [4.69, 9.17) is 4.55 Å². The van der Waals surface area contributed by atoms with E-state index in [2.05, 4.69) is 31.9 Å². The molecule has 5 nitrogen and oxygen atoms in total. The van der Waals surface area contributed by atoms with Crippen LogP contribution in [0.25, 0.3) is 0 Å². The van der Waals surface area contributed by atoms with Crippen molar-refractivity contribution in [3.63, 3.8) is 0 Å². The number of rotatable bonds is 6.